The summed E-state index contributed by atoms with van der Waals surface area (Å²) in [6, 6.07) is 0.406. The van der Waals surface area contributed by atoms with Gasteiger partial charge in [-0.05, 0) is 25.2 Å². The van der Waals surface area contributed by atoms with Crippen LogP contribution in [-0.4, -0.2) is 19.8 Å². The third-order valence-corrected chi connectivity index (χ3v) is 3.53. The van der Waals surface area contributed by atoms with Crippen LogP contribution in [0.5, 0.6) is 0 Å². The van der Waals surface area contributed by atoms with E-state index in [2.05, 4.69) is 0 Å². The molecule has 1 unspecified atom stereocenters. The molecule has 2 nitrogen and oxygen atoms in total. The molecular formula is C13H27NO. The molecule has 1 rings (SSSR count). The Morgan fingerprint density at radius 3 is 2.47 bits per heavy atom. The molecule has 1 atom stereocenters. The first-order chi connectivity index (χ1) is 7.33. The zero-order valence-corrected chi connectivity index (χ0v) is 10.2. The normalized spacial score (nSPS) is 21.2. The van der Waals surface area contributed by atoms with Gasteiger partial charge in [0.2, 0.25) is 0 Å². The van der Waals surface area contributed by atoms with Gasteiger partial charge < -0.3 is 10.5 Å². The average molecular weight is 213 g/mol. The van der Waals surface area contributed by atoms with Gasteiger partial charge in [-0.1, -0.05) is 38.5 Å². The highest BCUT2D eigenvalue weighted by Crippen LogP contribution is 2.26. The minimum Gasteiger partial charge on any atom is -0.385 e. The number of nitrogens with two attached hydrogens (primary N) is 1. The summed E-state index contributed by atoms with van der Waals surface area (Å²) in [7, 11) is 1.76. The Balaban J connectivity index is 2.09. The molecule has 1 saturated carbocycles. The molecule has 15 heavy (non-hydrogen) atoms. The molecule has 0 aromatic carbocycles. The van der Waals surface area contributed by atoms with Crippen LogP contribution in [0.25, 0.3) is 0 Å². The van der Waals surface area contributed by atoms with E-state index in [0.29, 0.717) is 6.04 Å². The monoisotopic (exact) mass is 213 g/mol. The Morgan fingerprint density at radius 2 is 1.87 bits per heavy atom. The van der Waals surface area contributed by atoms with Gasteiger partial charge in [0, 0.05) is 19.8 Å². The maximum Gasteiger partial charge on any atom is 0.0462 e. The highest BCUT2D eigenvalue weighted by Gasteiger charge is 2.15. The summed E-state index contributed by atoms with van der Waals surface area (Å²) >= 11 is 0. The van der Waals surface area contributed by atoms with Crippen LogP contribution in [0.3, 0.4) is 0 Å². The van der Waals surface area contributed by atoms with Crippen LogP contribution < -0.4 is 5.73 Å². The number of hydrogen-bond donors (Lipinski definition) is 1. The Morgan fingerprint density at radius 1 is 1.20 bits per heavy atom. The van der Waals surface area contributed by atoms with Gasteiger partial charge in [0.25, 0.3) is 0 Å². The van der Waals surface area contributed by atoms with Crippen LogP contribution in [0.4, 0.5) is 0 Å². The zero-order chi connectivity index (χ0) is 10.9. The van der Waals surface area contributed by atoms with E-state index in [1.165, 1.54) is 44.9 Å². The van der Waals surface area contributed by atoms with Crippen molar-refractivity contribution < 1.29 is 4.74 Å². The zero-order valence-electron chi connectivity index (χ0n) is 10.2. The van der Waals surface area contributed by atoms with Gasteiger partial charge in [-0.25, -0.2) is 0 Å². The molecule has 90 valence electrons. The van der Waals surface area contributed by atoms with E-state index < -0.39 is 0 Å². The summed E-state index contributed by atoms with van der Waals surface area (Å²) in [5.41, 5.74) is 6.14. The summed E-state index contributed by atoms with van der Waals surface area (Å²) in [6.45, 7) is 0.859. The third kappa shape index (κ3) is 6.16. The van der Waals surface area contributed by atoms with Crippen molar-refractivity contribution in [3.63, 3.8) is 0 Å². The van der Waals surface area contributed by atoms with E-state index in [0.717, 1.165) is 25.4 Å². The van der Waals surface area contributed by atoms with Gasteiger partial charge in [0.1, 0.15) is 0 Å². The summed E-state index contributed by atoms with van der Waals surface area (Å²) in [5.74, 6) is 0.907. The standard InChI is InChI=1S/C13H27NO/c1-15-10-6-9-13(14)11-12-7-4-2-3-5-8-12/h12-13H,2-11,14H2,1H3. The number of ether oxygens (including phenoxy) is 1. The maximum atomic E-state index is 6.14. The predicted molar refractivity (Wildman–Crippen MR) is 64.9 cm³/mol. The molecule has 0 saturated heterocycles. The van der Waals surface area contributed by atoms with Crippen molar-refractivity contribution in [2.45, 2.75) is 63.8 Å². The summed E-state index contributed by atoms with van der Waals surface area (Å²) in [4.78, 5) is 0. The lowest BCUT2D eigenvalue weighted by Crippen LogP contribution is -2.24. The van der Waals surface area contributed by atoms with Crippen LogP contribution in [0, 0.1) is 5.92 Å². The van der Waals surface area contributed by atoms with Gasteiger partial charge in [0.15, 0.2) is 0 Å². The van der Waals surface area contributed by atoms with Crippen molar-refractivity contribution >= 4 is 0 Å². The van der Waals surface area contributed by atoms with Crippen molar-refractivity contribution in [1.82, 2.24) is 0 Å². The third-order valence-electron chi connectivity index (χ3n) is 3.53. The van der Waals surface area contributed by atoms with Crippen molar-refractivity contribution in [1.29, 1.82) is 0 Å². The molecule has 0 heterocycles. The highest BCUT2D eigenvalue weighted by atomic mass is 16.5. The van der Waals surface area contributed by atoms with E-state index in [1.807, 2.05) is 0 Å². The molecule has 2 N–H and O–H groups in total. The molecule has 1 fully saturated rings. The summed E-state index contributed by atoms with van der Waals surface area (Å²) < 4.78 is 5.05. The molecule has 0 aliphatic heterocycles. The highest BCUT2D eigenvalue weighted by molar-refractivity contribution is 4.71. The molecule has 1 aliphatic carbocycles. The number of rotatable bonds is 6. The van der Waals surface area contributed by atoms with Gasteiger partial charge in [-0.3, -0.25) is 0 Å². The van der Waals surface area contributed by atoms with E-state index in [4.69, 9.17) is 10.5 Å². The summed E-state index contributed by atoms with van der Waals surface area (Å²) in [6.07, 6.45) is 12.0. The van der Waals surface area contributed by atoms with E-state index in [1.54, 1.807) is 7.11 Å². The molecule has 0 amide bonds. The van der Waals surface area contributed by atoms with Crippen LogP contribution >= 0.6 is 0 Å². The van der Waals surface area contributed by atoms with Crippen LogP contribution in [0.2, 0.25) is 0 Å². The minimum atomic E-state index is 0.406. The van der Waals surface area contributed by atoms with Crippen LogP contribution in [-0.2, 0) is 4.74 Å². The Hall–Kier alpha value is -0.0800. The smallest absolute Gasteiger partial charge is 0.0462 e. The van der Waals surface area contributed by atoms with Crippen LogP contribution in [0.1, 0.15) is 57.8 Å². The van der Waals surface area contributed by atoms with E-state index in [-0.39, 0.29) is 0 Å². The number of methoxy groups -OCH3 is 1. The minimum absolute atomic E-state index is 0.406. The lowest BCUT2D eigenvalue weighted by Gasteiger charge is -2.19. The van der Waals surface area contributed by atoms with E-state index in [9.17, 15) is 0 Å². The maximum absolute atomic E-state index is 6.14. The largest absolute Gasteiger partial charge is 0.385 e. The number of hydrogen-bond acceptors (Lipinski definition) is 2. The molecule has 0 bridgehead atoms. The molecule has 1 aliphatic rings. The molecule has 2 heteroatoms. The molecule has 0 spiro atoms. The Bertz CT molecular complexity index is 141. The van der Waals surface area contributed by atoms with Gasteiger partial charge >= 0.3 is 0 Å². The first-order valence-corrected chi connectivity index (χ1v) is 6.57. The lowest BCUT2D eigenvalue weighted by molar-refractivity contribution is 0.188. The quantitative estimate of drug-likeness (QED) is 0.543. The molecule has 0 aromatic heterocycles. The second-order valence-corrected chi connectivity index (χ2v) is 4.99. The fourth-order valence-corrected chi connectivity index (χ4v) is 2.64. The lowest BCUT2D eigenvalue weighted by atomic mass is 9.91. The molecule has 0 aromatic rings. The van der Waals surface area contributed by atoms with Gasteiger partial charge in [0.05, 0.1) is 0 Å². The van der Waals surface area contributed by atoms with Gasteiger partial charge in [-0.2, -0.15) is 0 Å². The molecule has 0 radical (unpaired) electrons. The second kappa shape index (κ2) is 8.12. The van der Waals surface area contributed by atoms with Crippen LogP contribution in [0.15, 0.2) is 0 Å². The topological polar surface area (TPSA) is 35.2 Å². The average Bonchev–Trinajstić information content (AvgIpc) is 2.47. The first kappa shape index (κ1) is 13.0. The van der Waals surface area contributed by atoms with E-state index >= 15 is 0 Å². The van der Waals surface area contributed by atoms with Crippen molar-refractivity contribution in [3.05, 3.63) is 0 Å². The fourth-order valence-electron chi connectivity index (χ4n) is 2.64. The fraction of sp³-hybridized carbons (Fsp3) is 1.00. The summed E-state index contributed by atoms with van der Waals surface area (Å²) in [5, 5.41) is 0. The first-order valence-electron chi connectivity index (χ1n) is 6.57. The second-order valence-electron chi connectivity index (χ2n) is 4.99. The van der Waals surface area contributed by atoms with Gasteiger partial charge in [-0.15, -0.1) is 0 Å². The Labute approximate surface area is 94.6 Å². The predicted octanol–water partition coefficient (Wildman–Crippen LogP) is 3.10. The van der Waals surface area contributed by atoms with Crippen molar-refractivity contribution in [2.24, 2.45) is 11.7 Å². The Kier molecular flexibility index (Phi) is 7.03. The van der Waals surface area contributed by atoms with Crippen molar-refractivity contribution in [2.75, 3.05) is 13.7 Å². The molecular weight excluding hydrogens is 186 g/mol. The van der Waals surface area contributed by atoms with Crippen molar-refractivity contribution in [3.8, 4) is 0 Å². The SMILES string of the molecule is COCCCC(N)CC1CCCCCC1.